The Morgan fingerprint density at radius 2 is 1.39 bits per heavy atom. The van der Waals surface area contributed by atoms with Crippen molar-refractivity contribution in [1.82, 2.24) is 10.6 Å². The number of nitrogens with one attached hydrogen (secondary N) is 2. The summed E-state index contributed by atoms with van der Waals surface area (Å²) < 4.78 is 13.1. The molecule has 0 aromatic heterocycles. The number of benzene rings is 2. The first-order chi connectivity index (χ1) is 13.2. The number of carboxylic acids is 1. The van der Waals surface area contributed by atoms with E-state index in [4.69, 9.17) is 5.11 Å². The van der Waals surface area contributed by atoms with Crippen LogP contribution in [-0.4, -0.2) is 22.9 Å². The normalized spacial score (nSPS) is 12.7. The number of aliphatic carboxylic acids is 1. The van der Waals surface area contributed by atoms with Gasteiger partial charge in [0, 0.05) is 6.92 Å². The van der Waals surface area contributed by atoms with Crippen molar-refractivity contribution in [2.45, 2.75) is 38.8 Å². The average molecular weight is 386 g/mol. The topological polar surface area (TPSA) is 95.5 Å². The second kappa shape index (κ2) is 9.64. The molecule has 2 rings (SSSR count). The summed E-state index contributed by atoms with van der Waals surface area (Å²) in [4.78, 5) is 35.3. The van der Waals surface area contributed by atoms with Gasteiger partial charge in [0.25, 0.3) is 0 Å². The number of rotatable bonds is 8. The molecule has 0 spiro atoms. The number of hydrogen-bond acceptors (Lipinski definition) is 3. The second-order valence-corrected chi connectivity index (χ2v) is 6.64. The fraction of sp³-hybridized carbons (Fsp3) is 0.286. The minimum absolute atomic E-state index is 0.0556. The number of halogens is 1. The molecular formula is C21H23FN2O4. The van der Waals surface area contributed by atoms with E-state index < -0.39 is 29.8 Å². The zero-order valence-corrected chi connectivity index (χ0v) is 15.7. The molecule has 0 saturated heterocycles. The SMILES string of the molecule is CC(=O)NC(CC(=O)NC(CC(=O)O)c1ccc(F)cc1)c1ccc(C)cc1. The highest BCUT2D eigenvalue weighted by atomic mass is 19.1. The minimum Gasteiger partial charge on any atom is -0.481 e. The summed E-state index contributed by atoms with van der Waals surface area (Å²) in [5.41, 5.74) is 2.31. The molecule has 3 N–H and O–H groups in total. The average Bonchev–Trinajstić information content (AvgIpc) is 2.61. The number of amides is 2. The van der Waals surface area contributed by atoms with Crippen molar-refractivity contribution in [3.63, 3.8) is 0 Å². The Morgan fingerprint density at radius 1 is 0.893 bits per heavy atom. The minimum atomic E-state index is -1.09. The molecule has 7 heteroatoms. The van der Waals surface area contributed by atoms with Crippen LogP contribution in [0.3, 0.4) is 0 Å². The van der Waals surface area contributed by atoms with E-state index in [0.29, 0.717) is 5.56 Å². The van der Waals surface area contributed by atoms with Gasteiger partial charge in [0.05, 0.1) is 24.9 Å². The van der Waals surface area contributed by atoms with Crippen LogP contribution >= 0.6 is 0 Å². The third kappa shape index (κ3) is 6.50. The Bertz CT molecular complexity index is 765. The molecule has 2 unspecified atom stereocenters. The van der Waals surface area contributed by atoms with Crippen LogP contribution < -0.4 is 10.6 Å². The van der Waals surface area contributed by atoms with Gasteiger partial charge < -0.3 is 15.7 Å². The Hall–Kier alpha value is -3.22. The molecule has 2 aromatic carbocycles. The fourth-order valence-corrected chi connectivity index (χ4v) is 2.86. The van der Waals surface area contributed by atoms with E-state index in [0.717, 1.165) is 11.1 Å². The van der Waals surface area contributed by atoms with Gasteiger partial charge in [-0.15, -0.1) is 0 Å². The third-order valence-electron chi connectivity index (χ3n) is 4.23. The van der Waals surface area contributed by atoms with E-state index >= 15 is 0 Å². The summed E-state index contributed by atoms with van der Waals surface area (Å²) in [5, 5.41) is 14.6. The quantitative estimate of drug-likeness (QED) is 0.650. The van der Waals surface area contributed by atoms with Crippen LogP contribution in [0.15, 0.2) is 48.5 Å². The lowest BCUT2D eigenvalue weighted by Gasteiger charge is -2.21. The summed E-state index contributed by atoms with van der Waals surface area (Å²) in [6, 6.07) is 11.4. The summed E-state index contributed by atoms with van der Waals surface area (Å²) in [6.45, 7) is 3.30. The van der Waals surface area contributed by atoms with Crippen LogP contribution in [0.25, 0.3) is 0 Å². The number of carbonyl (C=O) groups is 3. The van der Waals surface area contributed by atoms with Crippen LogP contribution in [0.1, 0.15) is 48.5 Å². The molecule has 0 aliphatic heterocycles. The lowest BCUT2D eigenvalue weighted by molar-refractivity contribution is -0.137. The molecule has 2 aromatic rings. The van der Waals surface area contributed by atoms with Gasteiger partial charge in [0.2, 0.25) is 11.8 Å². The molecule has 0 radical (unpaired) electrons. The van der Waals surface area contributed by atoms with E-state index in [1.807, 2.05) is 31.2 Å². The first-order valence-electron chi connectivity index (χ1n) is 8.85. The van der Waals surface area contributed by atoms with Crippen LogP contribution in [0.2, 0.25) is 0 Å². The van der Waals surface area contributed by atoms with Crippen molar-refractivity contribution in [2.24, 2.45) is 0 Å². The third-order valence-corrected chi connectivity index (χ3v) is 4.23. The highest BCUT2D eigenvalue weighted by Gasteiger charge is 2.22. The molecule has 0 bridgehead atoms. The largest absolute Gasteiger partial charge is 0.481 e. The Morgan fingerprint density at radius 3 is 1.89 bits per heavy atom. The number of hydrogen-bond donors (Lipinski definition) is 3. The van der Waals surface area contributed by atoms with Crippen LogP contribution in [0, 0.1) is 12.7 Å². The van der Waals surface area contributed by atoms with Crippen molar-refractivity contribution in [3.05, 3.63) is 71.0 Å². The molecule has 148 valence electrons. The Balaban J connectivity index is 2.15. The van der Waals surface area contributed by atoms with Gasteiger partial charge in [-0.1, -0.05) is 42.0 Å². The smallest absolute Gasteiger partial charge is 0.305 e. The maximum Gasteiger partial charge on any atom is 0.305 e. The fourth-order valence-electron chi connectivity index (χ4n) is 2.86. The van der Waals surface area contributed by atoms with Gasteiger partial charge in [0.15, 0.2) is 0 Å². The van der Waals surface area contributed by atoms with Gasteiger partial charge in [-0.05, 0) is 30.2 Å². The maximum atomic E-state index is 13.1. The highest BCUT2D eigenvalue weighted by molar-refractivity contribution is 5.80. The number of carboxylic acid groups (broad SMARTS) is 1. The summed E-state index contributed by atoms with van der Waals surface area (Å²) in [6.07, 6.45) is -0.396. The molecule has 0 fully saturated rings. The predicted octanol–water partition coefficient (Wildman–Crippen LogP) is 3.03. The lowest BCUT2D eigenvalue weighted by Crippen LogP contribution is -2.35. The van der Waals surface area contributed by atoms with Crippen molar-refractivity contribution in [1.29, 1.82) is 0 Å². The van der Waals surface area contributed by atoms with Crippen LogP contribution in [-0.2, 0) is 14.4 Å². The molecule has 0 aliphatic rings. The molecule has 0 aliphatic carbocycles. The van der Waals surface area contributed by atoms with Crippen molar-refractivity contribution in [2.75, 3.05) is 0 Å². The second-order valence-electron chi connectivity index (χ2n) is 6.64. The molecule has 2 atom stereocenters. The van der Waals surface area contributed by atoms with Crippen LogP contribution in [0.4, 0.5) is 4.39 Å². The molecule has 6 nitrogen and oxygen atoms in total. The van der Waals surface area contributed by atoms with Gasteiger partial charge in [-0.3, -0.25) is 14.4 Å². The molecular weight excluding hydrogens is 363 g/mol. The van der Waals surface area contributed by atoms with Gasteiger partial charge in [-0.25, -0.2) is 4.39 Å². The zero-order chi connectivity index (χ0) is 20.7. The van der Waals surface area contributed by atoms with Crippen molar-refractivity contribution in [3.8, 4) is 0 Å². The number of carbonyl (C=O) groups excluding carboxylic acids is 2. The van der Waals surface area contributed by atoms with E-state index in [1.54, 1.807) is 0 Å². The summed E-state index contributed by atoms with van der Waals surface area (Å²) in [5.74, 6) is -2.24. The van der Waals surface area contributed by atoms with Crippen LogP contribution in [0.5, 0.6) is 0 Å². The van der Waals surface area contributed by atoms with E-state index in [2.05, 4.69) is 10.6 Å². The van der Waals surface area contributed by atoms with Crippen molar-refractivity contribution < 1.29 is 23.9 Å². The van der Waals surface area contributed by atoms with Gasteiger partial charge in [0.1, 0.15) is 5.82 Å². The summed E-state index contributed by atoms with van der Waals surface area (Å²) >= 11 is 0. The van der Waals surface area contributed by atoms with Gasteiger partial charge in [-0.2, -0.15) is 0 Å². The lowest BCUT2D eigenvalue weighted by atomic mass is 10.00. The molecule has 2 amide bonds. The first-order valence-corrected chi connectivity index (χ1v) is 8.85. The monoisotopic (exact) mass is 386 g/mol. The highest BCUT2D eigenvalue weighted by Crippen LogP contribution is 2.21. The zero-order valence-electron chi connectivity index (χ0n) is 15.7. The van der Waals surface area contributed by atoms with Crippen molar-refractivity contribution >= 4 is 17.8 Å². The number of aryl methyl sites for hydroxylation is 1. The maximum absolute atomic E-state index is 13.1. The molecule has 28 heavy (non-hydrogen) atoms. The standard InChI is InChI=1S/C21H23FN2O4/c1-13-3-5-15(6-4-13)18(23-14(2)25)11-20(26)24-19(12-21(27)28)16-7-9-17(22)10-8-16/h3-10,18-19H,11-12H2,1-2H3,(H,23,25)(H,24,26)(H,27,28). The van der Waals surface area contributed by atoms with E-state index in [-0.39, 0.29) is 18.7 Å². The molecule has 0 saturated carbocycles. The first kappa shape index (κ1) is 21.1. The van der Waals surface area contributed by atoms with E-state index in [9.17, 15) is 18.8 Å². The Labute approximate surface area is 162 Å². The summed E-state index contributed by atoms with van der Waals surface area (Å²) in [7, 11) is 0. The van der Waals surface area contributed by atoms with Gasteiger partial charge >= 0.3 is 5.97 Å². The Kier molecular flexibility index (Phi) is 7.26. The predicted molar refractivity (Wildman–Crippen MR) is 102 cm³/mol. The van der Waals surface area contributed by atoms with E-state index in [1.165, 1.54) is 31.2 Å². The molecule has 0 heterocycles.